The summed E-state index contributed by atoms with van der Waals surface area (Å²) >= 11 is 0. The number of hydrogen-bond acceptors (Lipinski definition) is 3. The minimum absolute atomic E-state index is 0.0571. The van der Waals surface area contributed by atoms with Gasteiger partial charge in [0.2, 0.25) is 0 Å². The van der Waals surface area contributed by atoms with Crippen LogP contribution in [0.1, 0.15) is 83.1 Å². The van der Waals surface area contributed by atoms with Crippen molar-refractivity contribution in [2.24, 2.45) is 0 Å². The third kappa shape index (κ3) is 4.39. The fourth-order valence-corrected chi connectivity index (χ4v) is 12.2. The molecule has 3 nitrogen and oxygen atoms in total. The summed E-state index contributed by atoms with van der Waals surface area (Å²) in [6.07, 6.45) is 0. The van der Waals surface area contributed by atoms with Gasteiger partial charge in [-0.25, -0.2) is 0 Å². The topological polar surface area (TPSA) is 37.4 Å². The van der Waals surface area contributed by atoms with Crippen molar-refractivity contribution in [3.8, 4) is 0 Å². The van der Waals surface area contributed by atoms with Crippen molar-refractivity contribution in [2.45, 2.75) is 123 Å². The van der Waals surface area contributed by atoms with Crippen LogP contribution in [0.15, 0.2) is 0 Å². The highest BCUT2D eigenvalue weighted by Gasteiger charge is 2.47. The molecule has 0 aliphatic carbocycles. The first-order chi connectivity index (χ1) is 10.7. The quantitative estimate of drug-likeness (QED) is 0.416. The van der Waals surface area contributed by atoms with Crippen LogP contribution in [0.4, 0.5) is 0 Å². The first kappa shape index (κ1) is 24.4. The second-order valence-corrected chi connectivity index (χ2v) is 17.4. The number of nitrogens with zero attached hydrogens (tertiary/aromatic N) is 1. The fraction of sp³-hybridized carbons (Fsp3) is 1.00. The summed E-state index contributed by atoms with van der Waals surface area (Å²) in [5, 5.41) is 0. The molecule has 0 aromatic rings. The van der Waals surface area contributed by atoms with Crippen molar-refractivity contribution < 1.29 is 9.13 Å². The van der Waals surface area contributed by atoms with Crippen LogP contribution in [0.2, 0.25) is 0 Å². The molecule has 0 saturated carbocycles. The van der Waals surface area contributed by atoms with E-state index in [4.69, 9.17) is 0 Å². The van der Waals surface area contributed by atoms with E-state index in [1.54, 1.807) is 0 Å². The standard InChI is InChI=1S/C19H43NO2P2/c1-13(2)20(18(11)23(21,14(3)4)15(5)6)19(12)24(22,16(7)8)17(9)10/h13-19H,1-12H3. The highest BCUT2D eigenvalue weighted by atomic mass is 31.2. The SMILES string of the molecule is CC(C)N(C(C)P(=O)(C(C)C)C(C)C)C(C)P(=O)(C(C)C)C(C)C. The van der Waals surface area contributed by atoms with E-state index in [0.29, 0.717) is 0 Å². The molecule has 0 rings (SSSR count). The molecule has 2 unspecified atom stereocenters. The van der Waals surface area contributed by atoms with Crippen LogP contribution < -0.4 is 0 Å². The van der Waals surface area contributed by atoms with Gasteiger partial charge in [-0.3, -0.25) is 4.90 Å². The molecule has 0 radical (unpaired) electrons. The molecule has 146 valence electrons. The molecule has 0 spiro atoms. The molecule has 24 heavy (non-hydrogen) atoms. The molecular weight excluding hydrogens is 336 g/mol. The van der Waals surface area contributed by atoms with Crippen molar-refractivity contribution in [1.82, 2.24) is 4.90 Å². The summed E-state index contributed by atoms with van der Waals surface area (Å²) in [5.41, 5.74) is 0.550. The Bertz CT molecular complexity index is 420. The Kier molecular flexibility index (Phi) is 9.03. The van der Waals surface area contributed by atoms with Gasteiger partial charge >= 0.3 is 0 Å². The van der Waals surface area contributed by atoms with E-state index in [0.717, 1.165) is 0 Å². The highest BCUT2D eigenvalue weighted by molar-refractivity contribution is 7.67. The van der Waals surface area contributed by atoms with E-state index < -0.39 is 14.3 Å². The van der Waals surface area contributed by atoms with Crippen molar-refractivity contribution >= 4 is 14.3 Å². The fourth-order valence-electron chi connectivity index (χ4n) is 4.51. The zero-order valence-corrected chi connectivity index (χ0v) is 20.0. The van der Waals surface area contributed by atoms with Crippen molar-refractivity contribution in [2.75, 3.05) is 0 Å². The summed E-state index contributed by atoms with van der Waals surface area (Å²) in [6.45, 7) is 25.1. The number of rotatable bonds is 9. The predicted octanol–water partition coefficient (Wildman–Crippen LogP) is 6.75. The maximum atomic E-state index is 13.9. The van der Waals surface area contributed by atoms with Gasteiger partial charge in [-0.2, -0.15) is 0 Å². The molecule has 5 heteroatoms. The Labute approximate surface area is 152 Å². The van der Waals surface area contributed by atoms with Crippen LogP contribution in [0, 0.1) is 0 Å². The smallest absolute Gasteiger partial charge is 0.108 e. The predicted molar refractivity (Wildman–Crippen MR) is 112 cm³/mol. The molecule has 0 aliphatic rings. The zero-order chi connectivity index (χ0) is 19.6. The van der Waals surface area contributed by atoms with Gasteiger partial charge in [-0.05, 0) is 27.7 Å². The molecule has 0 fully saturated rings. The van der Waals surface area contributed by atoms with Gasteiger partial charge in [0.05, 0.1) is 11.6 Å². The minimum Gasteiger partial charge on any atom is -0.321 e. The second-order valence-electron chi connectivity index (χ2n) is 8.71. The zero-order valence-electron chi connectivity index (χ0n) is 18.2. The van der Waals surface area contributed by atoms with Crippen LogP contribution in [0.25, 0.3) is 0 Å². The molecule has 0 aromatic heterocycles. The summed E-state index contributed by atoms with van der Waals surface area (Å²) in [5.74, 6) is -0.114. The van der Waals surface area contributed by atoms with Gasteiger partial charge in [0.15, 0.2) is 0 Å². The lowest BCUT2D eigenvalue weighted by Crippen LogP contribution is -2.48. The molecule has 0 aromatic carbocycles. The van der Waals surface area contributed by atoms with Crippen molar-refractivity contribution in [3.63, 3.8) is 0 Å². The van der Waals surface area contributed by atoms with E-state index in [1.165, 1.54) is 0 Å². The average Bonchev–Trinajstić information content (AvgIpc) is 2.43. The average molecular weight is 380 g/mol. The van der Waals surface area contributed by atoms with E-state index in [-0.39, 0.29) is 40.2 Å². The Hall–Kier alpha value is 0.420. The van der Waals surface area contributed by atoms with Gasteiger partial charge in [0.1, 0.15) is 14.3 Å². The van der Waals surface area contributed by atoms with Crippen molar-refractivity contribution in [1.29, 1.82) is 0 Å². The van der Waals surface area contributed by atoms with E-state index in [2.05, 4.69) is 88.0 Å². The maximum Gasteiger partial charge on any atom is 0.108 e. The highest BCUT2D eigenvalue weighted by Crippen LogP contribution is 2.65. The molecule has 2 atom stereocenters. The van der Waals surface area contributed by atoms with Gasteiger partial charge in [-0.1, -0.05) is 55.4 Å². The van der Waals surface area contributed by atoms with Crippen molar-refractivity contribution in [3.05, 3.63) is 0 Å². The summed E-state index contributed by atoms with van der Waals surface area (Å²) < 4.78 is 27.8. The van der Waals surface area contributed by atoms with Crippen LogP contribution in [0.5, 0.6) is 0 Å². The van der Waals surface area contributed by atoms with Gasteiger partial charge in [-0.15, -0.1) is 0 Å². The number of hydrogen-bond donors (Lipinski definition) is 0. The third-order valence-electron chi connectivity index (χ3n) is 5.86. The van der Waals surface area contributed by atoms with Crippen LogP contribution in [-0.2, 0) is 9.13 Å². The Morgan fingerprint density at radius 3 is 0.833 bits per heavy atom. The lowest BCUT2D eigenvalue weighted by Gasteiger charge is -2.48. The first-order valence-corrected chi connectivity index (χ1v) is 13.4. The maximum absolute atomic E-state index is 13.9. The minimum atomic E-state index is -2.44. The third-order valence-corrected chi connectivity index (χ3v) is 15.2. The van der Waals surface area contributed by atoms with E-state index in [1.807, 2.05) is 0 Å². The Morgan fingerprint density at radius 1 is 0.500 bits per heavy atom. The van der Waals surface area contributed by atoms with Gasteiger partial charge in [0, 0.05) is 28.7 Å². The molecule has 0 aliphatic heterocycles. The van der Waals surface area contributed by atoms with Crippen LogP contribution in [0.3, 0.4) is 0 Å². The largest absolute Gasteiger partial charge is 0.321 e. The van der Waals surface area contributed by atoms with Crippen LogP contribution in [-0.4, -0.2) is 45.1 Å². The molecule has 0 bridgehead atoms. The Balaban J connectivity index is 6.16. The lowest BCUT2D eigenvalue weighted by molar-refractivity contribution is 0.188. The lowest BCUT2D eigenvalue weighted by atomic mass is 10.3. The van der Waals surface area contributed by atoms with E-state index >= 15 is 0 Å². The Morgan fingerprint density at radius 2 is 0.708 bits per heavy atom. The van der Waals surface area contributed by atoms with Gasteiger partial charge in [0.25, 0.3) is 0 Å². The van der Waals surface area contributed by atoms with Crippen LogP contribution >= 0.6 is 14.3 Å². The van der Waals surface area contributed by atoms with Gasteiger partial charge < -0.3 is 9.13 Å². The first-order valence-electron chi connectivity index (χ1n) is 9.62. The summed E-state index contributed by atoms with van der Waals surface area (Å²) in [6, 6.07) is 0.214. The molecule has 0 amide bonds. The second kappa shape index (κ2) is 8.88. The normalized spacial score (nSPS) is 16.9. The monoisotopic (exact) mass is 379 g/mol. The molecule has 0 N–H and O–H groups in total. The van der Waals surface area contributed by atoms with E-state index in [9.17, 15) is 9.13 Å². The summed E-state index contributed by atoms with van der Waals surface area (Å²) in [7, 11) is -4.89. The molecule has 0 saturated heterocycles. The summed E-state index contributed by atoms with van der Waals surface area (Å²) in [4.78, 5) is 2.31. The molecular formula is C19H43NO2P2. The molecule has 0 heterocycles.